The Bertz CT molecular complexity index is 983. The fraction of sp³-hybridized carbons (Fsp3) is 0.318. The van der Waals surface area contributed by atoms with Crippen LogP contribution in [0.3, 0.4) is 0 Å². The number of halogens is 2. The molecule has 2 aromatic rings. The zero-order valence-electron chi connectivity index (χ0n) is 16.8. The molecule has 1 aromatic heterocycles. The predicted molar refractivity (Wildman–Crippen MR) is 111 cm³/mol. The van der Waals surface area contributed by atoms with Crippen LogP contribution in [0.2, 0.25) is 0 Å². The molecule has 1 amide bonds. The quantitative estimate of drug-likeness (QED) is 0.673. The molecule has 0 aliphatic heterocycles. The van der Waals surface area contributed by atoms with Crippen molar-refractivity contribution in [1.29, 1.82) is 0 Å². The summed E-state index contributed by atoms with van der Waals surface area (Å²) in [5.74, 6) is -2.00. The number of nitrogens with one attached hydrogen (secondary N) is 1. The van der Waals surface area contributed by atoms with Crippen molar-refractivity contribution >= 4 is 11.6 Å². The Morgan fingerprint density at radius 3 is 2.73 bits per heavy atom. The van der Waals surface area contributed by atoms with Gasteiger partial charge in [0.15, 0.2) is 0 Å². The summed E-state index contributed by atoms with van der Waals surface area (Å²) in [6.45, 7) is 2.51. The van der Waals surface area contributed by atoms with Crippen LogP contribution < -0.4 is 16.8 Å². The van der Waals surface area contributed by atoms with Gasteiger partial charge in [0.25, 0.3) is 5.91 Å². The molecule has 1 unspecified atom stereocenters. The lowest BCUT2D eigenvalue weighted by Gasteiger charge is -2.25. The van der Waals surface area contributed by atoms with Crippen molar-refractivity contribution in [3.05, 3.63) is 76.5 Å². The van der Waals surface area contributed by atoms with E-state index >= 15 is 0 Å². The van der Waals surface area contributed by atoms with Crippen molar-refractivity contribution in [3.63, 3.8) is 0 Å². The topological polar surface area (TPSA) is 107 Å². The Kier molecular flexibility index (Phi) is 6.76. The van der Waals surface area contributed by atoms with E-state index in [2.05, 4.69) is 15.3 Å². The van der Waals surface area contributed by atoms with Crippen molar-refractivity contribution in [2.45, 2.75) is 38.5 Å². The second kappa shape index (κ2) is 9.47. The van der Waals surface area contributed by atoms with Gasteiger partial charge in [0.2, 0.25) is 0 Å². The van der Waals surface area contributed by atoms with E-state index in [0.717, 1.165) is 31.4 Å². The number of benzene rings is 1. The van der Waals surface area contributed by atoms with Crippen LogP contribution in [0.4, 0.5) is 8.78 Å². The van der Waals surface area contributed by atoms with Crippen molar-refractivity contribution < 1.29 is 13.6 Å². The molecule has 0 saturated carbocycles. The molecule has 1 atom stereocenters. The van der Waals surface area contributed by atoms with Crippen LogP contribution in [-0.4, -0.2) is 22.4 Å². The first-order valence-electron chi connectivity index (χ1n) is 9.92. The summed E-state index contributed by atoms with van der Waals surface area (Å²) in [5.41, 5.74) is 14.1. The SMILES string of the molecule is CCCNC(=O)c1cncc(C2CCCC(/C=C(\N)c3c(F)cccc3F)=C2N)n1. The van der Waals surface area contributed by atoms with Crippen LogP contribution in [-0.2, 0) is 0 Å². The average Bonchev–Trinajstić information content (AvgIpc) is 2.73. The van der Waals surface area contributed by atoms with Gasteiger partial charge < -0.3 is 16.8 Å². The van der Waals surface area contributed by atoms with E-state index in [4.69, 9.17) is 11.5 Å². The average molecular weight is 413 g/mol. The van der Waals surface area contributed by atoms with Crippen molar-refractivity contribution in [1.82, 2.24) is 15.3 Å². The summed E-state index contributed by atoms with van der Waals surface area (Å²) in [7, 11) is 0. The Morgan fingerprint density at radius 1 is 1.30 bits per heavy atom. The molecule has 0 fully saturated rings. The van der Waals surface area contributed by atoms with Gasteiger partial charge in [0.05, 0.1) is 17.5 Å². The third kappa shape index (κ3) is 4.64. The van der Waals surface area contributed by atoms with Gasteiger partial charge in [-0.05, 0) is 49.5 Å². The molecule has 0 spiro atoms. The van der Waals surface area contributed by atoms with E-state index in [1.165, 1.54) is 18.3 Å². The Hall–Kier alpha value is -3.29. The van der Waals surface area contributed by atoms with Gasteiger partial charge in [0, 0.05) is 30.1 Å². The van der Waals surface area contributed by atoms with Gasteiger partial charge in [-0.3, -0.25) is 9.78 Å². The summed E-state index contributed by atoms with van der Waals surface area (Å²) < 4.78 is 28.1. The van der Waals surface area contributed by atoms with Gasteiger partial charge in [-0.1, -0.05) is 13.0 Å². The minimum absolute atomic E-state index is 0.0250. The number of amides is 1. The maximum atomic E-state index is 14.0. The monoisotopic (exact) mass is 413 g/mol. The zero-order valence-corrected chi connectivity index (χ0v) is 16.8. The van der Waals surface area contributed by atoms with Crippen LogP contribution in [0.25, 0.3) is 5.70 Å². The highest BCUT2D eigenvalue weighted by molar-refractivity contribution is 5.91. The molecular weight excluding hydrogens is 388 g/mol. The van der Waals surface area contributed by atoms with E-state index < -0.39 is 11.6 Å². The summed E-state index contributed by atoms with van der Waals surface area (Å²) in [4.78, 5) is 20.8. The molecule has 0 bridgehead atoms. The maximum Gasteiger partial charge on any atom is 0.271 e. The highest BCUT2D eigenvalue weighted by Gasteiger charge is 2.25. The Labute approximate surface area is 174 Å². The number of carbonyl (C=O) groups excluding carboxylic acids is 1. The molecule has 1 aliphatic carbocycles. The van der Waals surface area contributed by atoms with Gasteiger partial charge in [-0.2, -0.15) is 0 Å². The fourth-order valence-corrected chi connectivity index (χ4v) is 3.50. The smallest absolute Gasteiger partial charge is 0.271 e. The second-order valence-electron chi connectivity index (χ2n) is 7.21. The highest BCUT2D eigenvalue weighted by atomic mass is 19.1. The number of carbonyl (C=O) groups is 1. The number of allylic oxidation sites excluding steroid dienone is 3. The normalized spacial score (nSPS) is 17.2. The van der Waals surface area contributed by atoms with Crippen LogP contribution in [0, 0.1) is 11.6 Å². The molecule has 30 heavy (non-hydrogen) atoms. The molecule has 3 rings (SSSR count). The summed E-state index contributed by atoms with van der Waals surface area (Å²) in [6, 6.07) is 3.60. The van der Waals surface area contributed by atoms with E-state index in [0.29, 0.717) is 29.9 Å². The van der Waals surface area contributed by atoms with E-state index in [9.17, 15) is 13.6 Å². The molecule has 1 aromatic carbocycles. The third-order valence-corrected chi connectivity index (χ3v) is 5.04. The Balaban J connectivity index is 1.92. The minimum Gasteiger partial charge on any atom is -0.401 e. The number of nitrogens with zero attached hydrogens (tertiary/aromatic N) is 2. The van der Waals surface area contributed by atoms with E-state index in [-0.39, 0.29) is 28.8 Å². The van der Waals surface area contributed by atoms with Crippen LogP contribution >= 0.6 is 0 Å². The van der Waals surface area contributed by atoms with Gasteiger partial charge in [-0.25, -0.2) is 13.8 Å². The van der Waals surface area contributed by atoms with Crippen molar-refractivity contribution in [3.8, 4) is 0 Å². The highest BCUT2D eigenvalue weighted by Crippen LogP contribution is 2.35. The molecule has 8 heteroatoms. The lowest BCUT2D eigenvalue weighted by molar-refractivity contribution is 0.0948. The lowest BCUT2D eigenvalue weighted by atomic mass is 9.84. The number of hydrogen-bond acceptors (Lipinski definition) is 5. The predicted octanol–water partition coefficient (Wildman–Crippen LogP) is 3.37. The largest absolute Gasteiger partial charge is 0.401 e. The van der Waals surface area contributed by atoms with Crippen LogP contribution in [0.15, 0.2) is 47.9 Å². The molecule has 6 nitrogen and oxygen atoms in total. The van der Waals surface area contributed by atoms with Crippen LogP contribution in [0.1, 0.15) is 60.3 Å². The fourth-order valence-electron chi connectivity index (χ4n) is 3.50. The molecule has 0 radical (unpaired) electrons. The zero-order chi connectivity index (χ0) is 21.7. The van der Waals surface area contributed by atoms with Gasteiger partial charge in [-0.15, -0.1) is 0 Å². The standard InChI is InChI=1S/C22H25F2N5O/c1-2-9-28-22(30)19-12-27-11-18(29-19)14-6-3-5-13(21(14)26)10-17(25)20-15(23)7-4-8-16(20)24/h4,7-8,10-12,14H,2-3,5-6,9,25-26H2,1H3,(H,28,30)/b17-10-. The van der Waals surface area contributed by atoms with Gasteiger partial charge in [0.1, 0.15) is 17.3 Å². The molecular formula is C22H25F2N5O. The van der Waals surface area contributed by atoms with Crippen LogP contribution in [0.5, 0.6) is 0 Å². The minimum atomic E-state index is -0.730. The Morgan fingerprint density at radius 2 is 2.03 bits per heavy atom. The van der Waals surface area contributed by atoms with Crippen molar-refractivity contribution in [2.24, 2.45) is 11.5 Å². The summed E-state index contributed by atoms with van der Waals surface area (Å²) in [5, 5.41) is 2.77. The second-order valence-corrected chi connectivity index (χ2v) is 7.21. The molecule has 5 N–H and O–H groups in total. The van der Waals surface area contributed by atoms with E-state index in [1.54, 1.807) is 6.20 Å². The third-order valence-electron chi connectivity index (χ3n) is 5.04. The number of rotatable bonds is 6. The molecule has 0 saturated heterocycles. The molecule has 158 valence electrons. The number of hydrogen-bond donors (Lipinski definition) is 3. The molecule has 1 heterocycles. The lowest BCUT2D eigenvalue weighted by Crippen LogP contribution is -2.26. The van der Waals surface area contributed by atoms with Crippen molar-refractivity contribution in [2.75, 3.05) is 6.54 Å². The van der Waals surface area contributed by atoms with E-state index in [1.807, 2.05) is 6.92 Å². The first-order valence-corrected chi connectivity index (χ1v) is 9.92. The molecule has 1 aliphatic rings. The number of nitrogens with two attached hydrogens (primary N) is 2. The first-order chi connectivity index (χ1) is 14.4. The van der Waals surface area contributed by atoms with Gasteiger partial charge >= 0.3 is 0 Å². The maximum absolute atomic E-state index is 14.0. The first kappa shape index (κ1) is 21.4. The number of aromatic nitrogens is 2. The summed E-state index contributed by atoms with van der Waals surface area (Å²) >= 11 is 0. The summed E-state index contributed by atoms with van der Waals surface area (Å²) in [6.07, 6.45) is 7.48.